The Balaban J connectivity index is 2.35. The average Bonchev–Trinajstić information content (AvgIpc) is 2.62. The van der Waals surface area contributed by atoms with Crippen LogP contribution in [0.3, 0.4) is 0 Å². The van der Waals surface area contributed by atoms with Gasteiger partial charge in [-0.25, -0.2) is 14.8 Å². The van der Waals surface area contributed by atoms with Crippen LogP contribution in [0.15, 0.2) is 30.5 Å². The van der Waals surface area contributed by atoms with E-state index in [1.807, 2.05) is 0 Å². The number of nitro benzene ring substituents is 1. The lowest BCUT2D eigenvalue weighted by Crippen LogP contribution is -2.29. The minimum atomic E-state index is -4.63. The van der Waals surface area contributed by atoms with Crippen LogP contribution in [0.2, 0.25) is 5.02 Å². The van der Waals surface area contributed by atoms with Gasteiger partial charge in [-0.15, -0.1) is 0 Å². The number of carbonyl (C=O) groups excluding carboxylic acids is 1. The Labute approximate surface area is 160 Å². The van der Waals surface area contributed by atoms with Crippen LogP contribution >= 0.6 is 11.6 Å². The fourth-order valence-electron chi connectivity index (χ4n) is 1.96. The number of nitro groups is 1. The number of rotatable bonds is 5. The lowest BCUT2D eigenvalue weighted by molar-refractivity contribution is -0.384. The molecule has 0 aliphatic heterocycles. The van der Waals surface area contributed by atoms with E-state index < -0.39 is 33.5 Å². The fourth-order valence-corrected chi connectivity index (χ4v) is 2.16. The number of hydrogen-bond acceptors (Lipinski definition) is 7. The van der Waals surface area contributed by atoms with Gasteiger partial charge in [-0.3, -0.25) is 10.1 Å². The van der Waals surface area contributed by atoms with E-state index in [1.54, 1.807) is 0 Å². The molecule has 1 heterocycles. The minimum absolute atomic E-state index is 0.0397. The molecule has 2 aromatic rings. The monoisotopic (exact) mass is 420 g/mol. The molecule has 0 spiro atoms. The number of ether oxygens (including phenoxy) is 1. The predicted molar refractivity (Wildman–Crippen MR) is 91.4 cm³/mol. The summed E-state index contributed by atoms with van der Waals surface area (Å²) in [5, 5.41) is 13.8. The number of halogens is 4. The van der Waals surface area contributed by atoms with E-state index in [-0.39, 0.29) is 17.3 Å². The number of hydrogen-bond donors (Lipinski definition) is 1. The summed E-state index contributed by atoms with van der Waals surface area (Å²) in [5.41, 5.74) is -1.63. The van der Waals surface area contributed by atoms with E-state index in [0.717, 1.165) is 17.2 Å². The van der Waals surface area contributed by atoms with Crippen molar-refractivity contribution in [3.05, 3.63) is 51.2 Å². The zero-order chi connectivity index (χ0) is 21.1. The van der Waals surface area contributed by atoms with Gasteiger partial charge in [-0.05, 0) is 12.1 Å². The van der Waals surface area contributed by atoms with Crippen LogP contribution in [0.5, 0.6) is 11.6 Å². The van der Waals surface area contributed by atoms with Gasteiger partial charge in [0.2, 0.25) is 5.88 Å². The molecule has 2 rings (SSSR count). The molecule has 1 amide bonds. The highest BCUT2D eigenvalue weighted by Gasteiger charge is 2.32. The highest BCUT2D eigenvalue weighted by Crippen LogP contribution is 2.37. The molecular formula is C15H12ClF3N4O5. The summed E-state index contributed by atoms with van der Waals surface area (Å²) in [6.07, 6.45) is -4.97. The Bertz CT molecular complexity index is 910. The van der Waals surface area contributed by atoms with E-state index >= 15 is 0 Å². The highest BCUT2D eigenvalue weighted by atomic mass is 35.5. The van der Waals surface area contributed by atoms with Crippen molar-refractivity contribution in [2.45, 2.75) is 6.18 Å². The third kappa shape index (κ3) is 4.91. The molecule has 28 heavy (non-hydrogen) atoms. The first-order valence-corrected chi connectivity index (χ1v) is 7.73. The number of pyridine rings is 1. The molecule has 150 valence electrons. The fraction of sp³-hybridized carbons (Fsp3) is 0.200. The van der Waals surface area contributed by atoms with Crippen molar-refractivity contribution in [1.82, 2.24) is 10.3 Å². The van der Waals surface area contributed by atoms with E-state index in [9.17, 15) is 28.1 Å². The number of carbonyl (C=O) groups is 1. The third-order valence-corrected chi connectivity index (χ3v) is 3.53. The second-order valence-electron chi connectivity index (χ2n) is 5.14. The van der Waals surface area contributed by atoms with E-state index in [4.69, 9.17) is 21.2 Å². The van der Waals surface area contributed by atoms with Crippen LogP contribution in [0.1, 0.15) is 5.56 Å². The number of amides is 1. The number of nitrogens with one attached hydrogen (secondary N) is 1. The number of nitrogens with zero attached hydrogens (tertiary/aromatic N) is 3. The summed E-state index contributed by atoms with van der Waals surface area (Å²) in [5.74, 6) is -0.383. The first-order chi connectivity index (χ1) is 13.0. The average molecular weight is 421 g/mol. The molecule has 1 aromatic carbocycles. The molecule has 0 aliphatic rings. The largest absolute Gasteiger partial charge is 0.437 e. The number of alkyl halides is 3. The second kappa shape index (κ2) is 8.17. The summed E-state index contributed by atoms with van der Waals surface area (Å²) < 4.78 is 43.3. The molecular weight excluding hydrogens is 409 g/mol. The van der Waals surface area contributed by atoms with Crippen LogP contribution in [-0.4, -0.2) is 30.1 Å². The number of hydroxylamine groups is 1. The molecule has 0 bridgehead atoms. The van der Waals surface area contributed by atoms with Crippen LogP contribution in [0, 0.1) is 10.1 Å². The first-order valence-electron chi connectivity index (χ1n) is 7.35. The molecule has 0 saturated carbocycles. The van der Waals surface area contributed by atoms with Crippen molar-refractivity contribution in [3.63, 3.8) is 0 Å². The molecule has 1 aromatic heterocycles. The van der Waals surface area contributed by atoms with E-state index in [1.165, 1.54) is 20.2 Å². The highest BCUT2D eigenvalue weighted by molar-refractivity contribution is 6.31. The normalized spacial score (nSPS) is 10.9. The molecule has 0 radical (unpaired) electrons. The Morgan fingerprint density at radius 3 is 2.57 bits per heavy atom. The first kappa shape index (κ1) is 21.0. The van der Waals surface area contributed by atoms with Crippen molar-refractivity contribution in [1.29, 1.82) is 0 Å². The van der Waals surface area contributed by atoms with Gasteiger partial charge in [-0.2, -0.15) is 13.2 Å². The lowest BCUT2D eigenvalue weighted by atomic mass is 10.2. The van der Waals surface area contributed by atoms with E-state index in [0.29, 0.717) is 12.3 Å². The number of benzene rings is 1. The Morgan fingerprint density at radius 2 is 2.04 bits per heavy atom. The molecule has 0 fully saturated rings. The van der Waals surface area contributed by atoms with Gasteiger partial charge in [0.15, 0.2) is 5.69 Å². The zero-order valence-corrected chi connectivity index (χ0v) is 15.0. The molecule has 9 nitrogen and oxygen atoms in total. The summed E-state index contributed by atoms with van der Waals surface area (Å²) >= 11 is 5.77. The molecule has 13 heteroatoms. The molecule has 0 unspecified atom stereocenters. The predicted octanol–water partition coefficient (Wildman–Crippen LogP) is 4.16. The van der Waals surface area contributed by atoms with Gasteiger partial charge in [0.1, 0.15) is 10.8 Å². The van der Waals surface area contributed by atoms with Crippen molar-refractivity contribution in [2.75, 3.05) is 19.2 Å². The number of aromatic nitrogens is 1. The quantitative estimate of drug-likeness (QED) is 0.571. The van der Waals surface area contributed by atoms with Gasteiger partial charge in [0, 0.05) is 32.4 Å². The van der Waals surface area contributed by atoms with Crippen LogP contribution in [0.25, 0.3) is 0 Å². The molecule has 0 atom stereocenters. The second-order valence-corrected chi connectivity index (χ2v) is 5.55. The summed E-state index contributed by atoms with van der Waals surface area (Å²) in [6, 6.07) is 4.02. The van der Waals surface area contributed by atoms with Crippen LogP contribution in [0.4, 0.5) is 29.3 Å². The van der Waals surface area contributed by atoms with Gasteiger partial charge in [-0.1, -0.05) is 11.6 Å². The van der Waals surface area contributed by atoms with Gasteiger partial charge < -0.3 is 14.9 Å². The van der Waals surface area contributed by atoms with Crippen molar-refractivity contribution < 1.29 is 32.5 Å². The van der Waals surface area contributed by atoms with Crippen LogP contribution < -0.4 is 15.1 Å². The van der Waals surface area contributed by atoms with Gasteiger partial charge >= 0.3 is 12.3 Å². The lowest BCUT2D eigenvalue weighted by Gasteiger charge is -2.18. The Hall–Kier alpha value is -3.28. The standard InChI is InChI=1S/C15H12ClF3N4O5/c1-20-14(24)28-22(2)12-6-9(3-4-11(12)23(25)26)27-13-10(16)5-8(7-21-13)15(17,18)19/h3-7H,1-2H3,(H,20,24). The maximum Gasteiger partial charge on any atom is 0.431 e. The Morgan fingerprint density at radius 1 is 1.36 bits per heavy atom. The SMILES string of the molecule is CNC(=O)ON(C)c1cc(Oc2ncc(C(F)(F)F)cc2Cl)ccc1[N+](=O)[O-]. The van der Waals surface area contributed by atoms with Crippen LogP contribution in [-0.2, 0) is 11.0 Å². The van der Waals surface area contributed by atoms with Crippen molar-refractivity contribution in [2.24, 2.45) is 0 Å². The third-order valence-electron chi connectivity index (χ3n) is 3.26. The smallest absolute Gasteiger partial charge is 0.431 e. The summed E-state index contributed by atoms with van der Waals surface area (Å²) in [4.78, 5) is 30.1. The molecule has 0 aliphatic carbocycles. The van der Waals surface area contributed by atoms with Gasteiger partial charge in [0.25, 0.3) is 5.69 Å². The zero-order valence-electron chi connectivity index (χ0n) is 14.3. The molecule has 0 saturated heterocycles. The topological polar surface area (TPSA) is 107 Å². The number of anilines is 1. The summed E-state index contributed by atoms with van der Waals surface area (Å²) in [6.45, 7) is 0. The maximum absolute atomic E-state index is 12.7. The van der Waals surface area contributed by atoms with E-state index in [2.05, 4.69) is 10.3 Å². The Kier molecular flexibility index (Phi) is 6.13. The van der Waals surface area contributed by atoms with Crippen molar-refractivity contribution >= 4 is 29.1 Å². The molecule has 1 N–H and O–H groups in total. The maximum atomic E-state index is 12.7. The van der Waals surface area contributed by atoms with Gasteiger partial charge in [0.05, 0.1) is 10.5 Å². The summed E-state index contributed by atoms with van der Waals surface area (Å²) in [7, 11) is 2.53. The minimum Gasteiger partial charge on any atom is -0.437 e. The van der Waals surface area contributed by atoms with Crippen molar-refractivity contribution in [3.8, 4) is 11.6 Å².